The summed E-state index contributed by atoms with van der Waals surface area (Å²) in [7, 11) is 0. The first-order valence-electron chi connectivity index (χ1n) is 1.67. The number of carbonyl (C=O) groups excluding carboxylic acids is 1. The van der Waals surface area contributed by atoms with Crippen LogP contribution in [-0.4, -0.2) is 11.1 Å². The average Bonchev–Trinajstić information content (AvgIpc) is 1.65. The second kappa shape index (κ2) is 2.65. The molecule has 8 heavy (non-hydrogen) atoms. The van der Waals surface area contributed by atoms with Crippen LogP contribution in [0.25, 0.3) is 0 Å². The molecule has 6 heteroatoms. The maximum absolute atomic E-state index is 9.81. The van der Waals surface area contributed by atoms with Crippen LogP contribution in [0.4, 0.5) is 4.79 Å². The predicted molar refractivity (Wildman–Crippen MR) is 24.4 cm³/mol. The van der Waals surface area contributed by atoms with Crippen LogP contribution in [0.1, 0.15) is 0 Å². The Morgan fingerprint density at radius 3 is 2.50 bits per heavy atom. The topological polar surface area (TPSA) is 108 Å². The first-order chi connectivity index (χ1) is 3.66. The van der Waals surface area contributed by atoms with E-state index in [0.717, 1.165) is 0 Å². The molecule has 0 aromatic rings. The molecule has 0 radical (unpaired) electrons. The molecule has 0 aromatic carbocycles. The van der Waals surface area contributed by atoms with Gasteiger partial charge in [-0.25, -0.2) is 16.1 Å². The normalized spacial score (nSPS) is 7.00. The molecule has 0 spiro atoms. The zero-order valence-corrected chi connectivity index (χ0v) is 3.96. The van der Waals surface area contributed by atoms with E-state index in [1.54, 1.807) is 5.43 Å². The van der Waals surface area contributed by atoms with Crippen molar-refractivity contribution in [3.8, 4) is 6.19 Å². The van der Waals surface area contributed by atoms with Crippen molar-refractivity contribution in [3.63, 3.8) is 0 Å². The van der Waals surface area contributed by atoms with E-state index < -0.39 is 6.03 Å². The minimum absolute atomic E-state index is 0.405. The first-order valence-corrected chi connectivity index (χ1v) is 1.67. The Morgan fingerprint density at radius 1 is 1.88 bits per heavy atom. The zero-order valence-electron chi connectivity index (χ0n) is 3.96. The summed E-state index contributed by atoms with van der Waals surface area (Å²) in [5.74, 6) is 4.73. The van der Waals surface area contributed by atoms with Crippen molar-refractivity contribution < 1.29 is 4.79 Å². The predicted octanol–water partition coefficient (Wildman–Crippen LogP) is -1.77. The minimum Gasteiger partial charge on any atom is -0.350 e. The van der Waals surface area contributed by atoms with Gasteiger partial charge in [-0.05, 0) is 0 Å². The Bertz CT molecular complexity index is 125. The van der Waals surface area contributed by atoms with Crippen LogP contribution in [-0.2, 0) is 0 Å². The van der Waals surface area contributed by atoms with E-state index >= 15 is 0 Å². The number of hydrazine groups is 2. The van der Waals surface area contributed by atoms with Gasteiger partial charge < -0.3 is 5.73 Å². The fraction of sp³-hybridized carbons (Fsp3) is 0. The number of nitrogens with one attached hydrogen (secondary N) is 1. The Kier molecular flexibility index (Phi) is 2.16. The highest BCUT2D eigenvalue weighted by molar-refractivity contribution is 5.71. The lowest BCUT2D eigenvalue weighted by atomic mass is 11.1. The molecule has 2 amide bonds. The Balaban J connectivity index is 3.43. The number of primary amides is 1. The van der Waals surface area contributed by atoms with Crippen LogP contribution in [0.3, 0.4) is 0 Å². The molecule has 44 valence electrons. The van der Waals surface area contributed by atoms with Crippen molar-refractivity contribution in [1.29, 1.82) is 5.26 Å². The van der Waals surface area contributed by atoms with E-state index in [9.17, 15) is 4.79 Å². The summed E-state index contributed by atoms with van der Waals surface area (Å²) in [6.45, 7) is 0. The summed E-state index contributed by atoms with van der Waals surface area (Å²) in [5, 5.41) is 8.27. The van der Waals surface area contributed by atoms with E-state index in [0.29, 0.717) is 5.12 Å². The molecule has 0 heterocycles. The molecule has 6 nitrogen and oxygen atoms in total. The highest BCUT2D eigenvalue weighted by Crippen LogP contribution is 1.58. The van der Waals surface area contributed by atoms with Gasteiger partial charge in [0.25, 0.3) is 0 Å². The number of carbonyl (C=O) groups is 1. The maximum atomic E-state index is 9.81. The fourth-order valence-corrected chi connectivity index (χ4v) is 0.144. The van der Waals surface area contributed by atoms with Crippen molar-refractivity contribution in [2.75, 3.05) is 0 Å². The quantitative estimate of drug-likeness (QED) is 0.162. The minimum atomic E-state index is -0.867. The van der Waals surface area contributed by atoms with E-state index in [1.807, 2.05) is 0 Å². The van der Waals surface area contributed by atoms with Gasteiger partial charge in [0.05, 0.1) is 0 Å². The average molecular weight is 115 g/mol. The van der Waals surface area contributed by atoms with Crippen LogP contribution in [0.5, 0.6) is 0 Å². The summed E-state index contributed by atoms with van der Waals surface area (Å²) < 4.78 is 0. The summed E-state index contributed by atoms with van der Waals surface area (Å²) in [4.78, 5) is 9.81. The second-order valence-electron chi connectivity index (χ2n) is 0.946. The van der Waals surface area contributed by atoms with Crippen LogP contribution >= 0.6 is 0 Å². The van der Waals surface area contributed by atoms with Gasteiger partial charge >= 0.3 is 6.03 Å². The van der Waals surface area contributed by atoms with Crippen LogP contribution < -0.4 is 17.0 Å². The Labute approximate surface area is 45.6 Å². The molecule has 0 unspecified atom stereocenters. The van der Waals surface area contributed by atoms with Crippen molar-refractivity contribution in [2.24, 2.45) is 11.6 Å². The SMILES string of the molecule is N#CN(N)NC(N)=O. The van der Waals surface area contributed by atoms with Gasteiger partial charge in [0.15, 0.2) is 0 Å². The highest BCUT2D eigenvalue weighted by atomic mass is 16.2. The summed E-state index contributed by atoms with van der Waals surface area (Å²) in [6, 6.07) is -0.867. The molecular formula is C2H5N5O. The molecule has 0 atom stereocenters. The first kappa shape index (κ1) is 6.52. The summed E-state index contributed by atoms with van der Waals surface area (Å²) >= 11 is 0. The van der Waals surface area contributed by atoms with Gasteiger partial charge in [0.1, 0.15) is 0 Å². The second-order valence-corrected chi connectivity index (χ2v) is 0.946. The number of urea groups is 1. The lowest BCUT2D eigenvalue weighted by Gasteiger charge is -2.04. The molecule has 0 aliphatic rings. The van der Waals surface area contributed by atoms with Crippen molar-refractivity contribution in [1.82, 2.24) is 10.5 Å². The zero-order chi connectivity index (χ0) is 6.57. The summed E-state index contributed by atoms with van der Waals surface area (Å²) in [6.07, 6.45) is 1.40. The molecule has 5 N–H and O–H groups in total. The largest absolute Gasteiger partial charge is 0.350 e. The van der Waals surface area contributed by atoms with Crippen molar-refractivity contribution in [3.05, 3.63) is 0 Å². The number of amides is 2. The van der Waals surface area contributed by atoms with Gasteiger partial charge in [-0.3, -0.25) is 0 Å². The van der Waals surface area contributed by atoms with E-state index in [1.165, 1.54) is 6.19 Å². The summed E-state index contributed by atoms with van der Waals surface area (Å²) in [5.41, 5.74) is 6.33. The highest BCUT2D eigenvalue weighted by Gasteiger charge is 1.92. The van der Waals surface area contributed by atoms with Crippen molar-refractivity contribution in [2.45, 2.75) is 0 Å². The molecule has 0 saturated carbocycles. The van der Waals surface area contributed by atoms with Crippen molar-refractivity contribution >= 4 is 6.03 Å². The van der Waals surface area contributed by atoms with Crippen LogP contribution in [0, 0.1) is 11.5 Å². The van der Waals surface area contributed by atoms with E-state index in [4.69, 9.17) is 11.1 Å². The molecule has 0 fully saturated rings. The monoisotopic (exact) mass is 115 g/mol. The van der Waals surface area contributed by atoms with Gasteiger partial charge in [-0.2, -0.15) is 5.26 Å². The van der Waals surface area contributed by atoms with Gasteiger partial charge in [0.2, 0.25) is 6.19 Å². The van der Waals surface area contributed by atoms with E-state index in [-0.39, 0.29) is 0 Å². The molecular weight excluding hydrogens is 110 g/mol. The smallest absolute Gasteiger partial charge is 0.332 e. The number of rotatable bonds is 1. The number of nitrogens with two attached hydrogens (primary N) is 2. The maximum Gasteiger partial charge on any atom is 0.332 e. The molecule has 0 aliphatic carbocycles. The Morgan fingerprint density at radius 2 is 2.38 bits per heavy atom. The molecule has 0 rings (SSSR count). The molecule has 0 aliphatic heterocycles. The Hall–Kier alpha value is -1.48. The fourth-order valence-electron chi connectivity index (χ4n) is 0.144. The number of hydrogen-bond acceptors (Lipinski definition) is 4. The van der Waals surface area contributed by atoms with E-state index in [2.05, 4.69) is 5.73 Å². The molecule has 0 aromatic heterocycles. The number of nitriles is 1. The molecule has 0 bridgehead atoms. The van der Waals surface area contributed by atoms with Gasteiger partial charge in [-0.1, -0.05) is 0 Å². The van der Waals surface area contributed by atoms with Crippen LogP contribution in [0.2, 0.25) is 0 Å². The standard InChI is InChI=1S/C2H5N5O/c3-1-7(5)6-2(4)8/h5H2,(H3,4,6,8). The lowest BCUT2D eigenvalue weighted by molar-refractivity contribution is 0.222. The molecule has 0 saturated heterocycles. The van der Waals surface area contributed by atoms with Gasteiger partial charge in [-0.15, -0.1) is 5.12 Å². The third kappa shape index (κ3) is 2.74. The number of nitrogens with zero attached hydrogens (tertiary/aromatic N) is 2. The third-order valence-corrected chi connectivity index (χ3v) is 0.338. The third-order valence-electron chi connectivity index (χ3n) is 0.338. The number of hydrogen-bond donors (Lipinski definition) is 3. The lowest BCUT2D eigenvalue weighted by Crippen LogP contribution is -2.46. The van der Waals surface area contributed by atoms with Crippen LogP contribution in [0.15, 0.2) is 0 Å². The van der Waals surface area contributed by atoms with Gasteiger partial charge in [0, 0.05) is 0 Å².